The number of aromatic nitrogens is 2. The van der Waals surface area contributed by atoms with Crippen LogP contribution in [0, 0.1) is 11.2 Å². The Morgan fingerprint density at radius 1 is 1.17 bits per heavy atom. The van der Waals surface area contributed by atoms with Crippen molar-refractivity contribution >= 4 is 11.9 Å². The fraction of sp³-hybridized carbons (Fsp3) is 0.421. The lowest BCUT2D eigenvalue weighted by Gasteiger charge is -2.32. The summed E-state index contributed by atoms with van der Waals surface area (Å²) in [4.78, 5) is 32.5. The molecule has 0 radical (unpaired) electrons. The van der Waals surface area contributed by atoms with Gasteiger partial charge in [-0.15, -0.1) is 0 Å². The van der Waals surface area contributed by atoms with Crippen molar-refractivity contribution in [2.45, 2.75) is 33.0 Å². The molecule has 0 bridgehead atoms. The number of halogens is 4. The van der Waals surface area contributed by atoms with Crippen LogP contribution in [-0.2, 0) is 6.18 Å². The number of H-pyrrole nitrogens is 1. The van der Waals surface area contributed by atoms with Gasteiger partial charge in [-0.05, 0) is 17.5 Å². The van der Waals surface area contributed by atoms with Crippen molar-refractivity contribution in [3.05, 3.63) is 57.3 Å². The second-order valence-electron chi connectivity index (χ2n) is 7.86. The van der Waals surface area contributed by atoms with Crippen LogP contribution in [-0.4, -0.2) is 30.0 Å². The van der Waals surface area contributed by atoms with E-state index < -0.39 is 40.5 Å². The molecular weight excluding hydrogens is 392 g/mol. The van der Waals surface area contributed by atoms with Crippen LogP contribution in [0.25, 0.3) is 0 Å². The minimum atomic E-state index is -4.68. The highest BCUT2D eigenvalue weighted by molar-refractivity contribution is 5.92. The summed E-state index contributed by atoms with van der Waals surface area (Å²) in [6.45, 7) is 5.10. The SMILES string of the molecule is CN(C)c1nc(C(=O)NC(c2ccc(C(F)(F)F)cc2F)C(C)(C)C)cc(=O)[nH]1. The molecule has 2 rings (SSSR count). The summed E-state index contributed by atoms with van der Waals surface area (Å²) >= 11 is 0. The molecule has 0 saturated heterocycles. The Kier molecular flexibility index (Phi) is 6.05. The van der Waals surface area contributed by atoms with Gasteiger partial charge in [0.2, 0.25) is 5.95 Å². The highest BCUT2D eigenvalue weighted by Crippen LogP contribution is 2.37. The fourth-order valence-electron chi connectivity index (χ4n) is 2.68. The number of anilines is 1. The molecule has 0 fully saturated rings. The largest absolute Gasteiger partial charge is 0.416 e. The van der Waals surface area contributed by atoms with E-state index in [1.807, 2.05) is 0 Å². The second-order valence-corrected chi connectivity index (χ2v) is 7.86. The number of carbonyl (C=O) groups excluding carboxylic acids is 1. The predicted molar refractivity (Wildman–Crippen MR) is 100 cm³/mol. The van der Waals surface area contributed by atoms with Crippen LogP contribution in [0.5, 0.6) is 0 Å². The number of rotatable bonds is 4. The Labute approximate surface area is 165 Å². The summed E-state index contributed by atoms with van der Waals surface area (Å²) in [5.41, 5.74) is -2.72. The quantitative estimate of drug-likeness (QED) is 0.751. The Morgan fingerprint density at radius 3 is 2.28 bits per heavy atom. The number of aromatic amines is 1. The molecule has 2 aromatic rings. The maximum absolute atomic E-state index is 14.5. The molecule has 1 unspecified atom stereocenters. The molecule has 0 aliphatic rings. The lowest BCUT2D eigenvalue weighted by molar-refractivity contribution is -0.137. The maximum Gasteiger partial charge on any atom is 0.416 e. The third kappa shape index (κ3) is 5.33. The molecule has 6 nitrogen and oxygen atoms in total. The van der Waals surface area contributed by atoms with E-state index in [0.29, 0.717) is 6.07 Å². The summed E-state index contributed by atoms with van der Waals surface area (Å²) in [5, 5.41) is 2.59. The fourth-order valence-corrected chi connectivity index (χ4v) is 2.68. The lowest BCUT2D eigenvalue weighted by atomic mass is 9.81. The number of carbonyl (C=O) groups is 1. The lowest BCUT2D eigenvalue weighted by Crippen LogP contribution is -2.38. The molecule has 0 aliphatic carbocycles. The molecule has 0 aliphatic heterocycles. The van der Waals surface area contributed by atoms with Gasteiger partial charge in [-0.25, -0.2) is 9.37 Å². The number of alkyl halides is 3. The van der Waals surface area contributed by atoms with Crippen molar-refractivity contribution in [1.82, 2.24) is 15.3 Å². The van der Waals surface area contributed by atoms with Crippen LogP contribution in [0.15, 0.2) is 29.1 Å². The number of nitrogens with one attached hydrogen (secondary N) is 2. The van der Waals surface area contributed by atoms with Gasteiger partial charge in [-0.1, -0.05) is 26.8 Å². The number of benzene rings is 1. The van der Waals surface area contributed by atoms with E-state index in [2.05, 4.69) is 15.3 Å². The summed E-state index contributed by atoms with van der Waals surface area (Å²) in [6.07, 6.45) is -4.68. The molecular formula is C19H22F4N4O2. The number of amides is 1. The minimum Gasteiger partial charge on any atom is -0.348 e. The zero-order valence-corrected chi connectivity index (χ0v) is 16.6. The zero-order valence-electron chi connectivity index (χ0n) is 16.6. The van der Waals surface area contributed by atoms with Gasteiger partial charge >= 0.3 is 6.18 Å². The smallest absolute Gasteiger partial charge is 0.348 e. The number of hydrogen-bond donors (Lipinski definition) is 2. The molecule has 1 amide bonds. The van der Waals surface area contributed by atoms with E-state index in [4.69, 9.17) is 0 Å². The van der Waals surface area contributed by atoms with Crippen molar-refractivity contribution in [2.24, 2.45) is 5.41 Å². The van der Waals surface area contributed by atoms with Crippen LogP contribution in [0.4, 0.5) is 23.5 Å². The third-order valence-electron chi connectivity index (χ3n) is 4.17. The average Bonchev–Trinajstić information content (AvgIpc) is 2.57. The maximum atomic E-state index is 14.5. The molecule has 158 valence electrons. The first kappa shape index (κ1) is 22.4. The van der Waals surface area contributed by atoms with E-state index >= 15 is 0 Å². The zero-order chi connectivity index (χ0) is 22.1. The van der Waals surface area contributed by atoms with Crippen molar-refractivity contribution < 1.29 is 22.4 Å². The first-order valence-electron chi connectivity index (χ1n) is 8.66. The van der Waals surface area contributed by atoms with Crippen molar-refractivity contribution in [3.63, 3.8) is 0 Å². The van der Waals surface area contributed by atoms with Crippen LogP contribution in [0.2, 0.25) is 0 Å². The van der Waals surface area contributed by atoms with Crippen molar-refractivity contribution in [3.8, 4) is 0 Å². The predicted octanol–water partition coefficient (Wildman–Crippen LogP) is 3.51. The topological polar surface area (TPSA) is 78.1 Å². The van der Waals surface area contributed by atoms with Gasteiger partial charge in [0, 0.05) is 25.7 Å². The van der Waals surface area contributed by atoms with Gasteiger partial charge in [-0.2, -0.15) is 13.2 Å². The summed E-state index contributed by atoms with van der Waals surface area (Å²) in [5.74, 6) is -1.69. The molecule has 1 aromatic heterocycles. The third-order valence-corrected chi connectivity index (χ3v) is 4.17. The summed E-state index contributed by atoms with van der Waals surface area (Å²) in [6, 6.07) is 2.19. The molecule has 2 N–H and O–H groups in total. The molecule has 10 heteroatoms. The van der Waals surface area contributed by atoms with Gasteiger partial charge in [0.05, 0.1) is 11.6 Å². The van der Waals surface area contributed by atoms with Gasteiger partial charge < -0.3 is 10.2 Å². The highest BCUT2D eigenvalue weighted by Gasteiger charge is 2.35. The Balaban J connectivity index is 2.43. The summed E-state index contributed by atoms with van der Waals surface area (Å²) in [7, 11) is 3.24. The van der Waals surface area contributed by atoms with Gasteiger partial charge in [0.15, 0.2) is 0 Å². The number of nitrogens with zero attached hydrogens (tertiary/aromatic N) is 2. The Morgan fingerprint density at radius 2 is 1.79 bits per heavy atom. The average molecular weight is 414 g/mol. The normalized spacial score (nSPS) is 13.1. The van der Waals surface area contributed by atoms with Crippen LogP contribution in [0.3, 0.4) is 0 Å². The number of hydrogen-bond acceptors (Lipinski definition) is 4. The van der Waals surface area contributed by atoms with E-state index in [1.54, 1.807) is 34.9 Å². The molecule has 29 heavy (non-hydrogen) atoms. The van der Waals surface area contributed by atoms with Gasteiger partial charge in [0.25, 0.3) is 11.5 Å². The van der Waals surface area contributed by atoms with E-state index in [1.165, 1.54) is 4.90 Å². The monoisotopic (exact) mass is 414 g/mol. The Hall–Kier alpha value is -2.91. The standard InChI is InChI=1S/C19H22F4N4O2/c1-18(2,3)15(11-7-6-10(8-12(11)20)19(21,22)23)26-16(29)13-9-14(28)25-17(24-13)27(4)5/h6-9,15H,1-5H3,(H,26,29)(H,24,25,28). The summed E-state index contributed by atoms with van der Waals surface area (Å²) < 4.78 is 53.0. The van der Waals surface area contributed by atoms with E-state index in [9.17, 15) is 27.2 Å². The first-order valence-corrected chi connectivity index (χ1v) is 8.66. The van der Waals surface area contributed by atoms with Gasteiger partial charge in [-0.3, -0.25) is 14.6 Å². The highest BCUT2D eigenvalue weighted by atomic mass is 19.4. The molecule has 1 heterocycles. The van der Waals surface area contributed by atoms with E-state index in [-0.39, 0.29) is 17.2 Å². The van der Waals surface area contributed by atoms with Crippen molar-refractivity contribution in [2.75, 3.05) is 19.0 Å². The molecule has 0 saturated carbocycles. The molecule has 0 spiro atoms. The molecule has 1 aromatic carbocycles. The van der Waals surface area contributed by atoms with Crippen LogP contribution < -0.4 is 15.8 Å². The first-order chi connectivity index (χ1) is 13.2. The second kappa shape index (κ2) is 7.84. The van der Waals surface area contributed by atoms with E-state index in [0.717, 1.165) is 18.2 Å². The Bertz CT molecular complexity index is 962. The van der Waals surface area contributed by atoms with Crippen molar-refractivity contribution in [1.29, 1.82) is 0 Å². The minimum absolute atomic E-state index is 0.100. The van der Waals surface area contributed by atoms with Crippen LogP contribution >= 0.6 is 0 Å². The van der Waals surface area contributed by atoms with Gasteiger partial charge in [0.1, 0.15) is 11.5 Å². The van der Waals surface area contributed by atoms with Crippen LogP contribution in [0.1, 0.15) is 48.4 Å². The molecule has 1 atom stereocenters.